The fraction of sp³-hybridized carbons (Fsp3) is 0.857. The average Bonchev–Trinajstić information content (AvgIpc) is 2.46. The van der Waals surface area contributed by atoms with E-state index in [2.05, 4.69) is 12.2 Å². The molecule has 0 bridgehead atoms. The number of hydrogen-bond donors (Lipinski definition) is 4. The molecule has 0 heterocycles. The van der Waals surface area contributed by atoms with Gasteiger partial charge in [-0.15, -0.1) is 0 Å². The Labute approximate surface area is 124 Å². The number of carboxylic acid groups (broad SMARTS) is 1. The molecule has 1 aliphatic rings. The van der Waals surface area contributed by atoms with Crippen LogP contribution in [0.15, 0.2) is 0 Å². The molecule has 122 valence electrons. The lowest BCUT2D eigenvalue weighted by molar-refractivity contribution is -0.151. The minimum absolute atomic E-state index is 0.0846. The Morgan fingerprint density at radius 1 is 1.19 bits per heavy atom. The Morgan fingerprint density at radius 3 is 2.14 bits per heavy atom. The van der Waals surface area contributed by atoms with Gasteiger partial charge >= 0.3 is 12.0 Å². The predicted octanol–water partition coefficient (Wildman–Crippen LogP) is 0.264. The highest BCUT2D eigenvalue weighted by atomic mass is 16.4. The lowest BCUT2D eigenvalue weighted by atomic mass is 9.71. The van der Waals surface area contributed by atoms with Gasteiger partial charge < -0.3 is 25.5 Å². The van der Waals surface area contributed by atoms with Gasteiger partial charge in [-0.25, -0.2) is 4.79 Å². The van der Waals surface area contributed by atoms with Crippen LogP contribution in [0, 0.1) is 11.3 Å². The maximum atomic E-state index is 12.0. The SMILES string of the molecule is CC1CCC(CNC(=O)N(CCO)CCO)(C(=O)O)CC1. The summed E-state index contributed by atoms with van der Waals surface area (Å²) in [6, 6.07) is -0.447. The van der Waals surface area contributed by atoms with Crippen molar-refractivity contribution in [3.05, 3.63) is 0 Å². The van der Waals surface area contributed by atoms with Gasteiger partial charge in [0.05, 0.1) is 18.6 Å². The molecular weight excluding hydrogens is 276 g/mol. The Bertz CT molecular complexity index is 347. The number of hydrogen-bond acceptors (Lipinski definition) is 4. The van der Waals surface area contributed by atoms with Crippen LogP contribution in [0.3, 0.4) is 0 Å². The molecule has 0 spiro atoms. The smallest absolute Gasteiger partial charge is 0.317 e. The molecule has 0 aromatic carbocycles. The molecule has 0 unspecified atom stereocenters. The maximum absolute atomic E-state index is 12.0. The Kier molecular flexibility index (Phi) is 6.91. The van der Waals surface area contributed by atoms with Crippen molar-refractivity contribution in [2.45, 2.75) is 32.6 Å². The van der Waals surface area contributed by atoms with E-state index in [1.54, 1.807) is 0 Å². The number of carboxylic acids is 1. The number of amides is 2. The highest BCUT2D eigenvalue weighted by Crippen LogP contribution is 2.38. The van der Waals surface area contributed by atoms with E-state index < -0.39 is 17.4 Å². The summed E-state index contributed by atoms with van der Waals surface area (Å²) in [5.74, 6) is -0.348. The van der Waals surface area contributed by atoms with Crippen molar-refractivity contribution in [1.82, 2.24) is 10.2 Å². The maximum Gasteiger partial charge on any atom is 0.317 e. The summed E-state index contributed by atoms with van der Waals surface area (Å²) in [5.41, 5.74) is -0.897. The third-order valence-electron chi connectivity index (χ3n) is 4.29. The predicted molar refractivity (Wildman–Crippen MR) is 76.8 cm³/mol. The third kappa shape index (κ3) is 4.86. The van der Waals surface area contributed by atoms with Gasteiger partial charge in [-0.05, 0) is 31.6 Å². The lowest BCUT2D eigenvalue weighted by Crippen LogP contribution is -2.50. The lowest BCUT2D eigenvalue weighted by Gasteiger charge is -2.36. The summed E-state index contributed by atoms with van der Waals surface area (Å²) in [6.07, 6.45) is 2.81. The second kappa shape index (κ2) is 8.19. The topological polar surface area (TPSA) is 110 Å². The number of carbonyl (C=O) groups excluding carboxylic acids is 1. The number of aliphatic carboxylic acids is 1. The van der Waals surface area contributed by atoms with Crippen LogP contribution in [0.1, 0.15) is 32.6 Å². The van der Waals surface area contributed by atoms with Crippen molar-refractivity contribution in [1.29, 1.82) is 0 Å². The van der Waals surface area contributed by atoms with Crippen LogP contribution in [0.4, 0.5) is 4.79 Å². The zero-order chi connectivity index (χ0) is 15.9. The number of aliphatic hydroxyl groups is 2. The molecule has 1 fully saturated rings. The molecule has 1 saturated carbocycles. The van der Waals surface area contributed by atoms with Gasteiger partial charge in [0.1, 0.15) is 0 Å². The van der Waals surface area contributed by atoms with Crippen LogP contribution >= 0.6 is 0 Å². The van der Waals surface area contributed by atoms with Gasteiger partial charge in [0.25, 0.3) is 0 Å². The number of nitrogens with zero attached hydrogens (tertiary/aromatic N) is 1. The van der Waals surface area contributed by atoms with Crippen molar-refractivity contribution < 1.29 is 24.9 Å². The van der Waals surface area contributed by atoms with Gasteiger partial charge in [0.2, 0.25) is 0 Å². The van der Waals surface area contributed by atoms with Crippen molar-refractivity contribution in [2.75, 3.05) is 32.8 Å². The number of nitrogens with one attached hydrogen (secondary N) is 1. The molecule has 7 heteroatoms. The van der Waals surface area contributed by atoms with E-state index in [1.807, 2.05) is 0 Å². The Morgan fingerprint density at radius 2 is 1.71 bits per heavy atom. The first-order valence-electron chi connectivity index (χ1n) is 7.43. The first-order chi connectivity index (χ1) is 9.95. The Balaban J connectivity index is 2.60. The summed E-state index contributed by atoms with van der Waals surface area (Å²) in [4.78, 5) is 24.8. The first-order valence-corrected chi connectivity index (χ1v) is 7.43. The fourth-order valence-corrected chi connectivity index (χ4v) is 2.69. The second-order valence-electron chi connectivity index (χ2n) is 5.86. The minimum atomic E-state index is -0.897. The zero-order valence-corrected chi connectivity index (χ0v) is 12.5. The standard InChI is InChI=1S/C14H26N2O5/c1-11-2-4-14(5-3-11,12(19)20)10-15-13(21)16(6-8-17)7-9-18/h11,17-18H,2-10H2,1H3,(H,15,21)(H,19,20). The quantitative estimate of drug-likeness (QED) is 0.539. The van der Waals surface area contributed by atoms with E-state index >= 15 is 0 Å². The molecule has 0 aromatic rings. The van der Waals surface area contributed by atoms with Crippen LogP contribution in [0.25, 0.3) is 0 Å². The molecule has 0 atom stereocenters. The van der Waals surface area contributed by atoms with Crippen molar-refractivity contribution in [3.63, 3.8) is 0 Å². The van der Waals surface area contributed by atoms with Crippen LogP contribution in [0.2, 0.25) is 0 Å². The third-order valence-corrected chi connectivity index (χ3v) is 4.29. The molecule has 2 amide bonds. The number of urea groups is 1. The van der Waals surface area contributed by atoms with E-state index in [-0.39, 0.29) is 32.8 Å². The molecule has 0 aliphatic heterocycles. The molecule has 1 aliphatic carbocycles. The number of rotatable bonds is 7. The van der Waals surface area contributed by atoms with Crippen molar-refractivity contribution in [2.24, 2.45) is 11.3 Å². The highest BCUT2D eigenvalue weighted by molar-refractivity contribution is 5.78. The molecule has 4 N–H and O–H groups in total. The normalized spacial score (nSPS) is 25.4. The van der Waals surface area contributed by atoms with Crippen LogP contribution in [0.5, 0.6) is 0 Å². The monoisotopic (exact) mass is 302 g/mol. The summed E-state index contributed by atoms with van der Waals surface area (Å²) in [5, 5.41) is 29.9. The summed E-state index contributed by atoms with van der Waals surface area (Å²) >= 11 is 0. The molecule has 0 aromatic heterocycles. The molecular formula is C14H26N2O5. The first kappa shape index (κ1) is 17.7. The molecule has 21 heavy (non-hydrogen) atoms. The molecule has 0 saturated heterocycles. The largest absolute Gasteiger partial charge is 0.481 e. The average molecular weight is 302 g/mol. The van der Waals surface area contributed by atoms with E-state index in [1.165, 1.54) is 4.90 Å². The summed E-state index contributed by atoms with van der Waals surface area (Å²) in [6.45, 7) is 2.02. The van der Waals surface area contributed by atoms with Gasteiger partial charge in [-0.2, -0.15) is 0 Å². The van der Waals surface area contributed by atoms with E-state index in [9.17, 15) is 14.7 Å². The van der Waals surface area contributed by atoms with E-state index in [0.717, 1.165) is 12.8 Å². The Hall–Kier alpha value is -1.34. The van der Waals surface area contributed by atoms with Gasteiger partial charge in [0, 0.05) is 19.6 Å². The highest BCUT2D eigenvalue weighted by Gasteiger charge is 2.41. The zero-order valence-electron chi connectivity index (χ0n) is 12.5. The van der Waals surface area contributed by atoms with E-state index in [4.69, 9.17) is 10.2 Å². The number of carbonyl (C=O) groups is 2. The van der Waals surface area contributed by atoms with Crippen molar-refractivity contribution >= 4 is 12.0 Å². The molecule has 1 rings (SSSR count). The van der Waals surface area contributed by atoms with Gasteiger partial charge in [0.15, 0.2) is 0 Å². The minimum Gasteiger partial charge on any atom is -0.481 e. The molecule has 0 radical (unpaired) electrons. The van der Waals surface area contributed by atoms with Gasteiger partial charge in [-0.3, -0.25) is 4.79 Å². The number of aliphatic hydroxyl groups excluding tert-OH is 2. The molecule has 7 nitrogen and oxygen atoms in total. The summed E-state index contributed by atoms with van der Waals surface area (Å²) < 4.78 is 0. The van der Waals surface area contributed by atoms with Crippen LogP contribution in [-0.4, -0.2) is 65.1 Å². The van der Waals surface area contributed by atoms with Crippen LogP contribution in [-0.2, 0) is 4.79 Å². The van der Waals surface area contributed by atoms with Gasteiger partial charge in [-0.1, -0.05) is 6.92 Å². The van der Waals surface area contributed by atoms with Crippen molar-refractivity contribution in [3.8, 4) is 0 Å². The fourth-order valence-electron chi connectivity index (χ4n) is 2.69. The van der Waals surface area contributed by atoms with Crippen LogP contribution < -0.4 is 5.32 Å². The van der Waals surface area contributed by atoms with E-state index in [0.29, 0.717) is 18.8 Å². The second-order valence-corrected chi connectivity index (χ2v) is 5.86. The summed E-state index contributed by atoms with van der Waals surface area (Å²) in [7, 11) is 0.